The molecule has 0 radical (unpaired) electrons. The summed E-state index contributed by atoms with van der Waals surface area (Å²) in [5, 5.41) is 15.6. The fourth-order valence-electron chi connectivity index (χ4n) is 4.66. The van der Waals surface area contributed by atoms with E-state index in [4.69, 9.17) is 20.8 Å². The minimum atomic E-state index is -0.634. The number of nitrogens with one attached hydrogen (secondary N) is 2. The normalized spacial score (nSPS) is 22.7. The lowest BCUT2D eigenvalue weighted by atomic mass is 9.44. The molecular formula is C23H18ClFN2O6. The standard InChI is InChI=1S/C23H18ClFN2O6/c24-15-4-2-13(6-16(15)25)32-8-20(30)26-22-9-23(10-22,11-22)27-21(31)19-7-17(29)14-3-1-12(28)5-18(14)33-19/h1-7,28H,8-11H2,(H,26,30)(H,27,31). The van der Waals surface area contributed by atoms with Crippen molar-refractivity contribution in [2.45, 2.75) is 30.3 Å². The molecule has 0 atom stereocenters. The molecule has 1 heterocycles. The zero-order valence-electron chi connectivity index (χ0n) is 17.1. The van der Waals surface area contributed by atoms with Crippen LogP contribution in [0.4, 0.5) is 4.39 Å². The highest BCUT2D eigenvalue weighted by molar-refractivity contribution is 6.30. The van der Waals surface area contributed by atoms with Crippen LogP contribution < -0.4 is 20.8 Å². The molecule has 2 aromatic carbocycles. The maximum absolute atomic E-state index is 13.4. The van der Waals surface area contributed by atoms with Crippen molar-refractivity contribution in [2.24, 2.45) is 0 Å². The molecule has 0 aliphatic heterocycles. The topological polar surface area (TPSA) is 118 Å². The van der Waals surface area contributed by atoms with Crippen LogP contribution in [0, 0.1) is 5.82 Å². The van der Waals surface area contributed by atoms with Crippen LogP contribution >= 0.6 is 11.6 Å². The summed E-state index contributed by atoms with van der Waals surface area (Å²) in [4.78, 5) is 37.1. The first-order chi connectivity index (χ1) is 15.7. The molecule has 3 fully saturated rings. The van der Waals surface area contributed by atoms with Crippen LogP contribution in [-0.4, -0.2) is 34.6 Å². The number of fused-ring (bicyclic) bond motifs is 1. The fraction of sp³-hybridized carbons (Fsp3) is 0.261. The third kappa shape index (κ3) is 3.89. The Hall–Kier alpha value is -3.59. The highest BCUT2D eigenvalue weighted by Crippen LogP contribution is 2.60. The number of carbonyl (C=O) groups is 2. The van der Waals surface area contributed by atoms with Gasteiger partial charge in [-0.1, -0.05) is 11.6 Å². The van der Waals surface area contributed by atoms with Gasteiger partial charge >= 0.3 is 0 Å². The average molecular weight is 473 g/mol. The minimum absolute atomic E-state index is 0.0332. The highest BCUT2D eigenvalue weighted by Gasteiger charge is 2.69. The van der Waals surface area contributed by atoms with Crippen molar-refractivity contribution in [3.05, 3.63) is 69.3 Å². The van der Waals surface area contributed by atoms with Crippen LogP contribution in [0.2, 0.25) is 5.02 Å². The van der Waals surface area contributed by atoms with Gasteiger partial charge in [-0.2, -0.15) is 0 Å². The van der Waals surface area contributed by atoms with Gasteiger partial charge in [0, 0.05) is 29.3 Å². The summed E-state index contributed by atoms with van der Waals surface area (Å²) >= 11 is 5.62. The monoisotopic (exact) mass is 472 g/mol. The minimum Gasteiger partial charge on any atom is -0.508 e. The smallest absolute Gasteiger partial charge is 0.287 e. The molecular weight excluding hydrogens is 455 g/mol. The summed E-state index contributed by atoms with van der Waals surface area (Å²) < 4.78 is 24.2. The van der Waals surface area contributed by atoms with Gasteiger partial charge in [-0.05, 0) is 43.5 Å². The number of amides is 2. The SMILES string of the molecule is O=C(COc1ccc(Cl)c(F)c1)NC12CC(NC(=O)c3cc(=O)c4ccc(O)cc4o3)(C1)C2. The van der Waals surface area contributed by atoms with Crippen LogP contribution in [0.5, 0.6) is 11.5 Å². The predicted molar refractivity (Wildman–Crippen MR) is 116 cm³/mol. The zero-order valence-corrected chi connectivity index (χ0v) is 17.9. The molecule has 6 rings (SSSR count). The Kier molecular flexibility index (Phi) is 4.82. The third-order valence-corrected chi connectivity index (χ3v) is 6.32. The van der Waals surface area contributed by atoms with Gasteiger partial charge in [0.15, 0.2) is 17.8 Å². The van der Waals surface area contributed by atoms with E-state index in [0.29, 0.717) is 19.3 Å². The van der Waals surface area contributed by atoms with Crippen molar-refractivity contribution in [3.63, 3.8) is 0 Å². The molecule has 33 heavy (non-hydrogen) atoms. The van der Waals surface area contributed by atoms with Gasteiger partial charge in [0.2, 0.25) is 0 Å². The number of benzene rings is 2. The molecule has 3 saturated carbocycles. The van der Waals surface area contributed by atoms with Crippen molar-refractivity contribution in [1.82, 2.24) is 10.6 Å². The van der Waals surface area contributed by atoms with Crippen molar-refractivity contribution >= 4 is 34.4 Å². The highest BCUT2D eigenvalue weighted by atomic mass is 35.5. The number of aromatic hydroxyl groups is 1. The quantitative estimate of drug-likeness (QED) is 0.507. The summed E-state index contributed by atoms with van der Waals surface area (Å²) in [6.45, 7) is -0.280. The van der Waals surface area contributed by atoms with E-state index in [1.54, 1.807) is 0 Å². The maximum atomic E-state index is 13.4. The molecule has 0 spiro atoms. The molecule has 3 aromatic rings. The van der Waals surface area contributed by atoms with E-state index in [1.165, 1.54) is 30.3 Å². The second kappa shape index (κ2) is 7.48. The van der Waals surface area contributed by atoms with Gasteiger partial charge in [-0.3, -0.25) is 14.4 Å². The van der Waals surface area contributed by atoms with Crippen molar-refractivity contribution in [2.75, 3.05) is 6.61 Å². The van der Waals surface area contributed by atoms with Crippen molar-refractivity contribution in [3.8, 4) is 11.5 Å². The summed E-state index contributed by atoms with van der Waals surface area (Å²) in [7, 11) is 0. The van der Waals surface area contributed by atoms with E-state index >= 15 is 0 Å². The van der Waals surface area contributed by atoms with Gasteiger partial charge in [0.05, 0.1) is 10.4 Å². The first-order valence-corrected chi connectivity index (χ1v) is 10.5. The Morgan fingerprint density at radius 3 is 2.55 bits per heavy atom. The van der Waals surface area contributed by atoms with Gasteiger partial charge < -0.3 is 24.9 Å². The average Bonchev–Trinajstić information content (AvgIpc) is 2.71. The third-order valence-electron chi connectivity index (χ3n) is 6.01. The lowest BCUT2D eigenvalue weighted by Crippen LogP contribution is -2.84. The zero-order chi connectivity index (χ0) is 23.4. The summed E-state index contributed by atoms with van der Waals surface area (Å²) in [6.07, 6.45) is 1.60. The molecule has 10 heteroatoms. The Morgan fingerprint density at radius 1 is 1.09 bits per heavy atom. The number of hydrogen-bond acceptors (Lipinski definition) is 6. The molecule has 3 aliphatic carbocycles. The van der Waals surface area contributed by atoms with Gasteiger partial charge in [-0.15, -0.1) is 0 Å². The van der Waals surface area contributed by atoms with Crippen molar-refractivity contribution < 1.29 is 28.2 Å². The maximum Gasteiger partial charge on any atom is 0.287 e. The van der Waals surface area contributed by atoms with Crippen LogP contribution in [0.15, 0.2) is 51.7 Å². The summed E-state index contributed by atoms with van der Waals surface area (Å²) in [5.74, 6) is -1.56. The number of ether oxygens (including phenoxy) is 1. The largest absolute Gasteiger partial charge is 0.508 e. The molecule has 3 aliphatic rings. The first kappa shape index (κ1) is 21.3. The Bertz CT molecular complexity index is 1350. The van der Waals surface area contributed by atoms with E-state index in [2.05, 4.69) is 10.6 Å². The summed E-state index contributed by atoms with van der Waals surface area (Å²) in [5.41, 5.74) is -1.16. The van der Waals surface area contributed by atoms with E-state index in [0.717, 1.165) is 12.1 Å². The summed E-state index contributed by atoms with van der Waals surface area (Å²) in [6, 6.07) is 9.11. The lowest BCUT2D eigenvalue weighted by molar-refractivity contribution is -0.141. The second-order valence-electron chi connectivity index (χ2n) is 8.61. The molecule has 170 valence electrons. The van der Waals surface area contributed by atoms with Crippen LogP contribution in [0.3, 0.4) is 0 Å². The van der Waals surface area contributed by atoms with E-state index in [9.17, 15) is 23.9 Å². The number of halogens is 2. The van der Waals surface area contributed by atoms with Crippen molar-refractivity contribution in [1.29, 1.82) is 0 Å². The molecule has 1 aromatic heterocycles. The number of carbonyl (C=O) groups excluding carboxylic acids is 2. The van der Waals surface area contributed by atoms with Crippen LogP contribution in [-0.2, 0) is 4.79 Å². The molecule has 2 bridgehead atoms. The Labute approximate surface area is 191 Å². The predicted octanol–water partition coefficient (Wildman–Crippen LogP) is 2.89. The Morgan fingerprint density at radius 2 is 1.82 bits per heavy atom. The van der Waals surface area contributed by atoms with Gasteiger partial charge in [0.25, 0.3) is 11.8 Å². The number of rotatable bonds is 6. The fourth-order valence-corrected chi connectivity index (χ4v) is 4.78. The molecule has 0 saturated heterocycles. The molecule has 2 amide bonds. The van der Waals surface area contributed by atoms with E-state index in [-0.39, 0.29) is 51.2 Å². The van der Waals surface area contributed by atoms with Crippen LogP contribution in [0.25, 0.3) is 11.0 Å². The van der Waals surface area contributed by atoms with E-state index < -0.39 is 22.8 Å². The first-order valence-electron chi connectivity index (χ1n) is 10.1. The number of hydrogen-bond donors (Lipinski definition) is 3. The molecule has 0 unspecified atom stereocenters. The lowest BCUT2D eigenvalue weighted by Gasteiger charge is -2.70. The van der Waals surface area contributed by atoms with Crippen LogP contribution in [0.1, 0.15) is 29.8 Å². The van der Waals surface area contributed by atoms with Gasteiger partial charge in [-0.25, -0.2) is 4.39 Å². The van der Waals surface area contributed by atoms with Gasteiger partial charge in [0.1, 0.15) is 22.9 Å². The Balaban J connectivity index is 1.16. The number of phenolic OH excluding ortho intramolecular Hbond substituents is 1. The van der Waals surface area contributed by atoms with E-state index in [1.807, 2.05) is 0 Å². The second-order valence-corrected chi connectivity index (χ2v) is 9.02. The number of phenols is 1. The molecule has 8 nitrogen and oxygen atoms in total. The molecule has 3 N–H and O–H groups in total.